The van der Waals surface area contributed by atoms with E-state index in [1.807, 2.05) is 44.2 Å². The van der Waals surface area contributed by atoms with Gasteiger partial charge in [0.15, 0.2) is 6.10 Å². The van der Waals surface area contributed by atoms with E-state index in [9.17, 15) is 4.79 Å². The molecule has 1 N–H and O–H groups in total. The van der Waals surface area contributed by atoms with Crippen molar-refractivity contribution in [3.05, 3.63) is 58.6 Å². The molecule has 26 heavy (non-hydrogen) atoms. The standard InChI is InChI=1S/C19H18ClN3O3/c1-11-9-15(10-12(2)16(11)20)25-13(3)17(24)21-19-22-18(26-23-19)14-7-5-4-6-8-14/h4-10,13H,1-3H3,(H,21,23,24). The van der Waals surface area contributed by atoms with Crippen LogP contribution in [-0.4, -0.2) is 22.2 Å². The number of amides is 1. The summed E-state index contributed by atoms with van der Waals surface area (Å²) in [6.45, 7) is 5.42. The highest BCUT2D eigenvalue weighted by Crippen LogP contribution is 2.26. The Kier molecular flexibility index (Phi) is 5.23. The lowest BCUT2D eigenvalue weighted by molar-refractivity contribution is -0.122. The number of nitrogens with zero attached hydrogens (tertiary/aromatic N) is 2. The Hall–Kier alpha value is -2.86. The van der Waals surface area contributed by atoms with Crippen molar-refractivity contribution in [2.24, 2.45) is 0 Å². The van der Waals surface area contributed by atoms with Gasteiger partial charge in [0.25, 0.3) is 17.7 Å². The molecule has 0 aliphatic carbocycles. The number of rotatable bonds is 5. The third kappa shape index (κ3) is 4.03. The predicted octanol–water partition coefficient (Wildman–Crippen LogP) is 4.41. The Morgan fingerprint density at radius 1 is 1.19 bits per heavy atom. The van der Waals surface area contributed by atoms with Gasteiger partial charge in [0, 0.05) is 10.6 Å². The van der Waals surface area contributed by atoms with Gasteiger partial charge in [0.05, 0.1) is 0 Å². The SMILES string of the molecule is Cc1cc(OC(C)C(=O)Nc2noc(-c3ccccc3)n2)cc(C)c1Cl. The third-order valence-corrected chi connectivity index (χ3v) is 4.37. The van der Waals surface area contributed by atoms with Crippen molar-refractivity contribution in [2.75, 3.05) is 5.32 Å². The summed E-state index contributed by atoms with van der Waals surface area (Å²) < 4.78 is 10.9. The minimum absolute atomic E-state index is 0.0905. The van der Waals surface area contributed by atoms with E-state index in [-0.39, 0.29) is 11.9 Å². The lowest BCUT2D eigenvalue weighted by atomic mass is 10.1. The molecule has 7 heteroatoms. The number of aromatic nitrogens is 2. The van der Waals surface area contributed by atoms with Gasteiger partial charge in [-0.05, 0) is 61.3 Å². The summed E-state index contributed by atoms with van der Waals surface area (Å²) in [5, 5.41) is 7.05. The number of benzene rings is 2. The topological polar surface area (TPSA) is 77.2 Å². The maximum Gasteiger partial charge on any atom is 0.270 e. The number of carbonyl (C=O) groups excluding carboxylic acids is 1. The molecule has 0 saturated carbocycles. The first-order chi connectivity index (χ1) is 12.4. The predicted molar refractivity (Wildman–Crippen MR) is 99.4 cm³/mol. The molecule has 0 bridgehead atoms. The molecular formula is C19H18ClN3O3. The lowest BCUT2D eigenvalue weighted by Gasteiger charge is -2.15. The molecule has 2 aromatic carbocycles. The maximum atomic E-state index is 12.3. The Balaban J connectivity index is 1.66. The van der Waals surface area contributed by atoms with E-state index in [1.54, 1.807) is 19.1 Å². The second-order valence-corrected chi connectivity index (χ2v) is 6.29. The molecule has 1 aromatic heterocycles. The largest absolute Gasteiger partial charge is 0.481 e. The van der Waals surface area contributed by atoms with Crippen LogP contribution in [0.2, 0.25) is 5.02 Å². The molecule has 0 aliphatic heterocycles. The molecule has 3 rings (SSSR count). The van der Waals surface area contributed by atoms with E-state index in [1.165, 1.54) is 0 Å². The van der Waals surface area contributed by atoms with Crippen LogP contribution >= 0.6 is 11.6 Å². The molecule has 3 aromatic rings. The van der Waals surface area contributed by atoms with E-state index >= 15 is 0 Å². The van der Waals surface area contributed by atoms with Crippen LogP contribution in [0.5, 0.6) is 5.75 Å². The zero-order chi connectivity index (χ0) is 18.7. The normalized spacial score (nSPS) is 11.8. The van der Waals surface area contributed by atoms with Gasteiger partial charge < -0.3 is 9.26 Å². The number of anilines is 1. The lowest BCUT2D eigenvalue weighted by Crippen LogP contribution is -2.30. The van der Waals surface area contributed by atoms with Crippen molar-refractivity contribution in [1.29, 1.82) is 0 Å². The van der Waals surface area contributed by atoms with Gasteiger partial charge in [-0.3, -0.25) is 10.1 Å². The van der Waals surface area contributed by atoms with Gasteiger partial charge in [-0.25, -0.2) is 0 Å². The molecule has 0 saturated heterocycles. The highest BCUT2D eigenvalue weighted by molar-refractivity contribution is 6.32. The average Bonchev–Trinajstić information content (AvgIpc) is 3.08. The van der Waals surface area contributed by atoms with Crippen molar-refractivity contribution in [3.63, 3.8) is 0 Å². The molecule has 134 valence electrons. The van der Waals surface area contributed by atoms with E-state index in [2.05, 4.69) is 15.5 Å². The summed E-state index contributed by atoms with van der Waals surface area (Å²) >= 11 is 6.15. The number of nitrogens with one attached hydrogen (secondary N) is 1. The molecule has 0 radical (unpaired) electrons. The molecular weight excluding hydrogens is 354 g/mol. The van der Waals surface area contributed by atoms with Crippen LogP contribution in [0.25, 0.3) is 11.5 Å². The quantitative estimate of drug-likeness (QED) is 0.718. The number of ether oxygens (including phenoxy) is 1. The molecule has 1 unspecified atom stereocenters. The Morgan fingerprint density at radius 3 is 2.50 bits per heavy atom. The molecule has 1 amide bonds. The van der Waals surface area contributed by atoms with Gasteiger partial charge in [-0.2, -0.15) is 4.98 Å². The van der Waals surface area contributed by atoms with E-state index in [0.717, 1.165) is 16.7 Å². The monoisotopic (exact) mass is 371 g/mol. The zero-order valence-electron chi connectivity index (χ0n) is 14.6. The number of aryl methyl sites for hydroxylation is 2. The number of hydrogen-bond donors (Lipinski definition) is 1. The van der Waals surface area contributed by atoms with Gasteiger partial charge >= 0.3 is 0 Å². The van der Waals surface area contributed by atoms with E-state index < -0.39 is 6.10 Å². The smallest absolute Gasteiger partial charge is 0.270 e. The van der Waals surface area contributed by atoms with Gasteiger partial charge in [-0.15, -0.1) is 0 Å². The fraction of sp³-hybridized carbons (Fsp3) is 0.211. The first-order valence-electron chi connectivity index (χ1n) is 8.07. The number of carbonyl (C=O) groups is 1. The first-order valence-corrected chi connectivity index (χ1v) is 8.45. The molecule has 1 heterocycles. The minimum Gasteiger partial charge on any atom is -0.481 e. The molecule has 0 fully saturated rings. The molecule has 0 spiro atoms. The van der Waals surface area contributed by atoms with E-state index in [0.29, 0.717) is 16.7 Å². The molecule has 6 nitrogen and oxygen atoms in total. The molecule has 0 aliphatic rings. The minimum atomic E-state index is -0.742. The maximum absolute atomic E-state index is 12.3. The Bertz CT molecular complexity index is 902. The summed E-state index contributed by atoms with van der Waals surface area (Å²) in [6, 6.07) is 12.9. The van der Waals surface area contributed by atoms with Crippen LogP contribution in [0.15, 0.2) is 47.0 Å². The van der Waals surface area contributed by atoms with Crippen LogP contribution < -0.4 is 10.1 Å². The van der Waals surface area contributed by atoms with Crippen LogP contribution in [0.3, 0.4) is 0 Å². The van der Waals surface area contributed by atoms with Crippen molar-refractivity contribution in [3.8, 4) is 17.2 Å². The van der Waals surface area contributed by atoms with Crippen LogP contribution in [-0.2, 0) is 4.79 Å². The Labute approximate surface area is 156 Å². The third-order valence-electron chi connectivity index (χ3n) is 3.77. The van der Waals surface area contributed by atoms with Crippen molar-refractivity contribution in [1.82, 2.24) is 10.1 Å². The molecule has 1 atom stereocenters. The fourth-order valence-electron chi connectivity index (χ4n) is 2.42. The van der Waals surface area contributed by atoms with Crippen molar-refractivity contribution >= 4 is 23.5 Å². The fourth-order valence-corrected chi connectivity index (χ4v) is 2.53. The van der Waals surface area contributed by atoms with Crippen molar-refractivity contribution < 1.29 is 14.1 Å². The zero-order valence-corrected chi connectivity index (χ0v) is 15.4. The summed E-state index contributed by atoms with van der Waals surface area (Å²) in [5.41, 5.74) is 2.55. The Morgan fingerprint density at radius 2 is 1.85 bits per heavy atom. The van der Waals surface area contributed by atoms with Crippen LogP contribution in [0.1, 0.15) is 18.1 Å². The summed E-state index contributed by atoms with van der Waals surface area (Å²) in [6.07, 6.45) is -0.742. The highest BCUT2D eigenvalue weighted by atomic mass is 35.5. The van der Waals surface area contributed by atoms with Crippen LogP contribution in [0, 0.1) is 13.8 Å². The summed E-state index contributed by atoms with van der Waals surface area (Å²) in [7, 11) is 0. The number of hydrogen-bond acceptors (Lipinski definition) is 5. The van der Waals surface area contributed by atoms with Gasteiger partial charge in [-0.1, -0.05) is 29.8 Å². The van der Waals surface area contributed by atoms with Gasteiger partial charge in [0.2, 0.25) is 0 Å². The first kappa shape index (κ1) is 17.9. The summed E-state index contributed by atoms with van der Waals surface area (Å²) in [4.78, 5) is 16.5. The summed E-state index contributed by atoms with van der Waals surface area (Å²) in [5.74, 6) is 0.618. The van der Waals surface area contributed by atoms with E-state index in [4.69, 9.17) is 20.9 Å². The highest BCUT2D eigenvalue weighted by Gasteiger charge is 2.18. The number of halogens is 1. The van der Waals surface area contributed by atoms with Crippen LogP contribution in [0.4, 0.5) is 5.95 Å². The second-order valence-electron chi connectivity index (χ2n) is 5.91. The second kappa shape index (κ2) is 7.58. The van der Waals surface area contributed by atoms with Crippen molar-refractivity contribution in [2.45, 2.75) is 26.9 Å². The average molecular weight is 372 g/mol. The van der Waals surface area contributed by atoms with Gasteiger partial charge in [0.1, 0.15) is 5.75 Å².